The van der Waals surface area contributed by atoms with E-state index in [1.54, 1.807) is 18.2 Å². The quantitative estimate of drug-likeness (QED) is 0.546. The second kappa shape index (κ2) is 10.1. The Bertz CT molecular complexity index is 871. The second-order valence-corrected chi connectivity index (χ2v) is 8.33. The van der Waals surface area contributed by atoms with Crippen LogP contribution in [0.25, 0.3) is 0 Å². The van der Waals surface area contributed by atoms with Gasteiger partial charge in [-0.15, -0.1) is 0 Å². The maximum absolute atomic E-state index is 12.6. The van der Waals surface area contributed by atoms with Gasteiger partial charge >= 0.3 is 0 Å². The minimum Gasteiger partial charge on any atom is -0.349 e. The Balaban J connectivity index is 1.67. The number of thioether (sulfide) groups is 1. The van der Waals surface area contributed by atoms with Gasteiger partial charge in [0.1, 0.15) is 0 Å². The first-order valence-corrected chi connectivity index (χ1v) is 10.6. The molecule has 2 aromatic rings. The molecule has 0 heterocycles. The largest absolute Gasteiger partial charge is 0.349 e. The van der Waals surface area contributed by atoms with Crippen LogP contribution in [0.3, 0.4) is 0 Å². The highest BCUT2D eigenvalue weighted by molar-refractivity contribution is 7.99. The zero-order chi connectivity index (χ0) is 20.8. The molecule has 2 amide bonds. The fourth-order valence-electron chi connectivity index (χ4n) is 3.28. The van der Waals surface area contributed by atoms with E-state index in [1.165, 1.54) is 30.7 Å². The van der Waals surface area contributed by atoms with Crippen LogP contribution in [0.4, 0.5) is 14.5 Å². The minimum atomic E-state index is -2.51. The van der Waals surface area contributed by atoms with Crippen LogP contribution in [-0.2, 0) is 0 Å². The molecule has 2 N–H and O–H groups in total. The third-order valence-electron chi connectivity index (χ3n) is 4.75. The molecular formula is C21H21ClF2N2O2S. The van der Waals surface area contributed by atoms with Crippen molar-refractivity contribution in [3.63, 3.8) is 0 Å². The Morgan fingerprint density at radius 2 is 1.69 bits per heavy atom. The predicted molar refractivity (Wildman–Crippen MR) is 112 cm³/mol. The van der Waals surface area contributed by atoms with Crippen LogP contribution < -0.4 is 10.6 Å². The highest BCUT2D eigenvalue weighted by Gasteiger charge is 2.19. The first-order chi connectivity index (χ1) is 13.9. The summed E-state index contributed by atoms with van der Waals surface area (Å²) >= 11 is 6.60. The molecular weight excluding hydrogens is 418 g/mol. The number of rotatable bonds is 6. The molecule has 4 nitrogen and oxygen atoms in total. The molecule has 0 aromatic heterocycles. The summed E-state index contributed by atoms with van der Waals surface area (Å²) < 4.78 is 24.8. The summed E-state index contributed by atoms with van der Waals surface area (Å²) in [5.41, 5.74) is 1.06. The molecule has 1 fully saturated rings. The van der Waals surface area contributed by atoms with Crippen molar-refractivity contribution in [2.45, 2.75) is 48.8 Å². The van der Waals surface area contributed by atoms with Crippen molar-refractivity contribution in [3.05, 3.63) is 58.6 Å². The van der Waals surface area contributed by atoms with Crippen molar-refractivity contribution in [1.82, 2.24) is 5.32 Å². The van der Waals surface area contributed by atoms with Crippen molar-refractivity contribution >= 4 is 40.9 Å². The lowest BCUT2D eigenvalue weighted by Gasteiger charge is -2.23. The number of nitrogens with one attached hydrogen (secondary N) is 2. The maximum Gasteiger partial charge on any atom is 0.288 e. The topological polar surface area (TPSA) is 58.2 Å². The van der Waals surface area contributed by atoms with Gasteiger partial charge in [0, 0.05) is 22.2 Å². The van der Waals surface area contributed by atoms with Gasteiger partial charge in [0.15, 0.2) is 0 Å². The highest BCUT2D eigenvalue weighted by atomic mass is 35.5. The monoisotopic (exact) mass is 438 g/mol. The van der Waals surface area contributed by atoms with E-state index in [-0.39, 0.29) is 11.9 Å². The molecule has 154 valence electrons. The van der Waals surface area contributed by atoms with Crippen LogP contribution in [-0.4, -0.2) is 23.6 Å². The zero-order valence-electron chi connectivity index (χ0n) is 15.6. The third kappa shape index (κ3) is 6.18. The number of halogens is 3. The fraction of sp³-hybridized carbons (Fsp3) is 0.333. The Morgan fingerprint density at radius 3 is 2.34 bits per heavy atom. The number of carbonyl (C=O) groups is 2. The summed E-state index contributed by atoms with van der Waals surface area (Å²) in [5, 5.41) is 6.03. The number of alkyl halides is 2. The van der Waals surface area contributed by atoms with E-state index in [2.05, 4.69) is 10.6 Å². The highest BCUT2D eigenvalue weighted by Crippen LogP contribution is 2.26. The van der Waals surface area contributed by atoms with Crippen molar-refractivity contribution in [3.8, 4) is 0 Å². The number of amides is 2. The first kappa shape index (κ1) is 21.6. The van der Waals surface area contributed by atoms with Gasteiger partial charge in [-0.25, -0.2) is 0 Å². The van der Waals surface area contributed by atoms with E-state index in [9.17, 15) is 18.4 Å². The number of anilines is 1. The Morgan fingerprint density at radius 1 is 1.00 bits per heavy atom. The molecule has 0 radical (unpaired) electrons. The van der Waals surface area contributed by atoms with Gasteiger partial charge in [-0.2, -0.15) is 8.78 Å². The van der Waals surface area contributed by atoms with Gasteiger partial charge in [-0.3, -0.25) is 9.59 Å². The van der Waals surface area contributed by atoms with Crippen LogP contribution >= 0.6 is 23.4 Å². The summed E-state index contributed by atoms with van der Waals surface area (Å²) in [6.07, 6.45) is 5.31. The minimum absolute atomic E-state index is 0.148. The fourth-order valence-corrected chi connectivity index (χ4v) is 3.98. The van der Waals surface area contributed by atoms with Crippen LogP contribution in [0.15, 0.2) is 47.4 Å². The number of carbonyl (C=O) groups excluding carboxylic acids is 2. The Kier molecular flexibility index (Phi) is 7.50. The van der Waals surface area contributed by atoms with Crippen LogP contribution in [0, 0.1) is 0 Å². The average molecular weight is 439 g/mol. The van der Waals surface area contributed by atoms with Gasteiger partial charge in [0.05, 0.1) is 10.6 Å². The first-order valence-electron chi connectivity index (χ1n) is 9.39. The van der Waals surface area contributed by atoms with Gasteiger partial charge in [0.2, 0.25) is 0 Å². The zero-order valence-corrected chi connectivity index (χ0v) is 17.2. The Labute approximate surface area is 177 Å². The Hall–Kier alpha value is -2.12. The lowest BCUT2D eigenvalue weighted by Crippen LogP contribution is -2.36. The lowest BCUT2D eigenvalue weighted by molar-refractivity contribution is 0.0926. The van der Waals surface area contributed by atoms with Crippen LogP contribution in [0.2, 0.25) is 5.02 Å². The summed E-state index contributed by atoms with van der Waals surface area (Å²) in [7, 11) is 0. The lowest BCUT2D eigenvalue weighted by atomic mass is 9.95. The van der Waals surface area contributed by atoms with E-state index in [4.69, 9.17) is 11.6 Å². The molecule has 8 heteroatoms. The van der Waals surface area contributed by atoms with Crippen molar-refractivity contribution in [2.75, 3.05) is 5.32 Å². The van der Waals surface area contributed by atoms with E-state index in [1.807, 2.05) is 0 Å². The molecule has 0 unspecified atom stereocenters. The van der Waals surface area contributed by atoms with E-state index in [0.29, 0.717) is 38.5 Å². The molecule has 0 spiro atoms. The SMILES string of the molecule is O=C(Nc1ccc(Cl)c(C(=O)NC2CCCCC2)c1)c1ccc(SC(F)F)cc1. The molecule has 0 atom stereocenters. The van der Waals surface area contributed by atoms with E-state index < -0.39 is 11.7 Å². The number of hydrogen-bond acceptors (Lipinski definition) is 3. The van der Waals surface area contributed by atoms with Crippen molar-refractivity contribution in [2.24, 2.45) is 0 Å². The summed E-state index contributed by atoms with van der Waals surface area (Å²) in [6, 6.07) is 10.8. The molecule has 0 bridgehead atoms. The molecule has 1 aliphatic rings. The van der Waals surface area contributed by atoms with Gasteiger partial charge in [-0.05, 0) is 55.3 Å². The summed E-state index contributed by atoms with van der Waals surface area (Å²) in [6.45, 7) is 0. The summed E-state index contributed by atoms with van der Waals surface area (Å²) in [4.78, 5) is 25.4. The number of benzene rings is 2. The maximum atomic E-state index is 12.6. The summed E-state index contributed by atoms with van der Waals surface area (Å²) in [5.74, 6) is -3.17. The smallest absolute Gasteiger partial charge is 0.288 e. The van der Waals surface area contributed by atoms with Crippen LogP contribution in [0.5, 0.6) is 0 Å². The van der Waals surface area contributed by atoms with Gasteiger partial charge in [-0.1, -0.05) is 42.6 Å². The van der Waals surface area contributed by atoms with Gasteiger partial charge in [0.25, 0.3) is 17.6 Å². The van der Waals surface area contributed by atoms with Crippen molar-refractivity contribution < 1.29 is 18.4 Å². The van der Waals surface area contributed by atoms with E-state index >= 15 is 0 Å². The molecule has 1 aliphatic carbocycles. The molecule has 1 saturated carbocycles. The third-order valence-corrected chi connectivity index (χ3v) is 5.80. The molecule has 0 aliphatic heterocycles. The van der Waals surface area contributed by atoms with E-state index in [0.717, 1.165) is 25.7 Å². The second-order valence-electron chi connectivity index (χ2n) is 6.86. The average Bonchev–Trinajstić information content (AvgIpc) is 2.70. The van der Waals surface area contributed by atoms with Crippen LogP contribution in [0.1, 0.15) is 52.8 Å². The number of hydrogen-bond donors (Lipinski definition) is 2. The molecule has 2 aromatic carbocycles. The normalized spacial score (nSPS) is 14.6. The molecule has 0 saturated heterocycles. The van der Waals surface area contributed by atoms with Gasteiger partial charge < -0.3 is 10.6 Å². The standard InChI is InChI=1S/C21H21ClF2N2O2S/c22-18-11-8-15(12-17(18)20(28)25-14-4-2-1-3-5-14)26-19(27)13-6-9-16(10-7-13)29-21(23)24/h6-12,14,21H,1-5H2,(H,25,28)(H,26,27). The van der Waals surface area contributed by atoms with Crippen molar-refractivity contribution in [1.29, 1.82) is 0 Å². The predicted octanol–water partition coefficient (Wildman–Crippen LogP) is 5.97. The molecule has 29 heavy (non-hydrogen) atoms. The molecule has 3 rings (SSSR count).